The van der Waals surface area contributed by atoms with Crippen LogP contribution in [0.25, 0.3) is 11.3 Å². The van der Waals surface area contributed by atoms with Crippen molar-refractivity contribution in [2.75, 3.05) is 20.2 Å². The van der Waals surface area contributed by atoms with Gasteiger partial charge in [-0.05, 0) is 71.4 Å². The Bertz CT molecular complexity index is 1220. The maximum absolute atomic E-state index is 9.13. The Kier molecular flexibility index (Phi) is 7.76. The van der Waals surface area contributed by atoms with Gasteiger partial charge in [0.25, 0.3) is 0 Å². The van der Waals surface area contributed by atoms with Crippen molar-refractivity contribution in [1.29, 1.82) is 0 Å². The van der Waals surface area contributed by atoms with Crippen molar-refractivity contribution < 1.29 is 14.4 Å². The van der Waals surface area contributed by atoms with E-state index in [4.69, 9.17) is 9.84 Å². The number of likely N-dealkylation sites (N-methyl/N-ethyl adjacent to an activating group) is 1. The lowest BCUT2D eigenvalue weighted by Gasteiger charge is -2.18. The Morgan fingerprint density at radius 1 is 0.818 bits per heavy atom. The van der Waals surface area contributed by atoms with Gasteiger partial charge in [0.2, 0.25) is 0 Å². The zero-order valence-electron chi connectivity index (χ0n) is 18.2. The van der Waals surface area contributed by atoms with Crippen molar-refractivity contribution in [3.8, 4) is 0 Å². The quantitative estimate of drug-likeness (QED) is 0.410. The van der Waals surface area contributed by atoms with E-state index in [2.05, 4.69) is 80.4 Å². The van der Waals surface area contributed by atoms with Crippen LogP contribution in [0.3, 0.4) is 0 Å². The summed E-state index contributed by atoms with van der Waals surface area (Å²) in [6.45, 7) is 0.741. The molecule has 3 nitrogen and oxygen atoms in total. The zero-order chi connectivity index (χ0) is 23.2. The first-order valence-corrected chi connectivity index (χ1v) is 12.2. The molecule has 0 saturated carbocycles. The number of aliphatic hydroxyl groups is 1. The van der Waals surface area contributed by atoms with Gasteiger partial charge < -0.3 is 9.84 Å². The van der Waals surface area contributed by atoms with Crippen LogP contribution in [0.5, 0.6) is 0 Å². The van der Waals surface area contributed by atoms with Crippen LogP contribution in [0.15, 0.2) is 117 Å². The van der Waals surface area contributed by atoms with Gasteiger partial charge in [-0.3, -0.25) is 0 Å². The number of rotatable bonds is 5. The highest BCUT2D eigenvalue weighted by Gasteiger charge is 2.14. The molecule has 0 radical (unpaired) electrons. The number of hydrogen-bond donors (Lipinski definition) is 1. The standard InChI is InChI=1S/C28H24Br2NO2/c1-31(16-17-32)26-13-2-20(3-14-26)4-15-27-18-23(21-5-9-24(29)10-6-21)19-28(33-27)22-7-11-25(30)12-8-22/h2-15,18-19,32H,16-17H2,1H3/q+1. The Labute approximate surface area is 211 Å². The molecule has 1 aliphatic heterocycles. The summed E-state index contributed by atoms with van der Waals surface area (Å²) in [5.41, 5.74) is 5.37. The van der Waals surface area contributed by atoms with Gasteiger partial charge in [0.15, 0.2) is 12.3 Å². The predicted molar refractivity (Wildman–Crippen MR) is 143 cm³/mol. The van der Waals surface area contributed by atoms with Gasteiger partial charge in [-0.15, -0.1) is 0 Å². The largest absolute Gasteiger partial charge is 0.457 e. The highest BCUT2D eigenvalue weighted by atomic mass is 79.9. The van der Waals surface area contributed by atoms with Crippen LogP contribution in [0.2, 0.25) is 0 Å². The van der Waals surface area contributed by atoms with Crippen LogP contribution in [0.4, 0.5) is 0 Å². The van der Waals surface area contributed by atoms with Gasteiger partial charge in [0.05, 0.1) is 0 Å². The van der Waals surface area contributed by atoms with Crippen LogP contribution in [-0.4, -0.2) is 35.6 Å². The van der Waals surface area contributed by atoms with E-state index < -0.39 is 0 Å². The van der Waals surface area contributed by atoms with Crippen molar-refractivity contribution >= 4 is 48.9 Å². The molecule has 33 heavy (non-hydrogen) atoms. The number of allylic oxidation sites excluding steroid dienone is 10. The summed E-state index contributed by atoms with van der Waals surface area (Å²) in [4.78, 5) is 0. The average molecular weight is 566 g/mol. The van der Waals surface area contributed by atoms with Crippen LogP contribution >= 0.6 is 31.9 Å². The second-order valence-electron chi connectivity index (χ2n) is 7.70. The molecule has 0 unspecified atom stereocenters. The number of ether oxygens (including phenoxy) is 1. The summed E-state index contributed by atoms with van der Waals surface area (Å²) in [6.07, 6.45) is 16.4. The monoisotopic (exact) mass is 564 g/mol. The van der Waals surface area contributed by atoms with E-state index in [0.717, 1.165) is 48.4 Å². The summed E-state index contributed by atoms with van der Waals surface area (Å²) in [5.74, 6) is 1.58. The van der Waals surface area contributed by atoms with Crippen LogP contribution in [0, 0.1) is 0 Å². The summed E-state index contributed by atoms with van der Waals surface area (Å²) < 4.78 is 10.4. The normalized spacial score (nSPS) is 16.4. The molecule has 0 amide bonds. The van der Waals surface area contributed by atoms with Crippen molar-refractivity contribution in [3.63, 3.8) is 0 Å². The third-order valence-electron chi connectivity index (χ3n) is 5.33. The van der Waals surface area contributed by atoms with Gasteiger partial charge >= 0.3 is 0 Å². The molecule has 0 aromatic heterocycles. The molecule has 0 atom stereocenters. The third kappa shape index (κ3) is 6.20. The fraction of sp³-hybridized carbons (Fsp3) is 0.107. The Morgan fingerprint density at radius 3 is 2.03 bits per heavy atom. The molecule has 1 heterocycles. The number of hydrogen-bond acceptors (Lipinski definition) is 2. The summed E-state index contributed by atoms with van der Waals surface area (Å²) in [7, 11) is 1.97. The molecule has 4 rings (SSSR count). The molecule has 5 heteroatoms. The fourth-order valence-corrected chi connectivity index (χ4v) is 4.00. The minimum absolute atomic E-state index is 0.134. The third-order valence-corrected chi connectivity index (χ3v) is 6.39. The maximum Gasteiger partial charge on any atom is 0.199 e. The first kappa shape index (κ1) is 23.4. The van der Waals surface area contributed by atoms with Crippen molar-refractivity contribution in [2.45, 2.75) is 0 Å². The van der Waals surface area contributed by atoms with E-state index in [1.807, 2.05) is 60.2 Å². The molecule has 0 saturated heterocycles. The van der Waals surface area contributed by atoms with Gasteiger partial charge in [0.1, 0.15) is 25.2 Å². The minimum Gasteiger partial charge on any atom is -0.457 e. The van der Waals surface area contributed by atoms with E-state index >= 15 is 0 Å². The number of halogens is 2. The SMILES string of the molecule is C[N+](CCO)=C1C=CC(=CC=C2C=C(c3ccc(Br)cc3)C=C(c3ccc(Br)cc3)O2)C=C1. The number of aliphatic hydroxyl groups excluding tert-OH is 1. The summed E-state index contributed by atoms with van der Waals surface area (Å²) in [6, 6.07) is 16.4. The molecule has 1 N–H and O–H groups in total. The molecular formula is C28H24Br2NO2+. The Balaban J connectivity index is 1.65. The first-order chi connectivity index (χ1) is 16.0. The molecule has 166 valence electrons. The maximum atomic E-state index is 9.13. The predicted octanol–water partition coefficient (Wildman–Crippen LogP) is 6.68. The molecule has 0 bridgehead atoms. The van der Waals surface area contributed by atoms with Crippen molar-refractivity contribution in [2.24, 2.45) is 0 Å². The minimum atomic E-state index is 0.134. The number of benzene rings is 2. The van der Waals surface area contributed by atoms with Crippen LogP contribution < -0.4 is 0 Å². The van der Waals surface area contributed by atoms with Gasteiger partial charge in [-0.1, -0.05) is 62.2 Å². The zero-order valence-corrected chi connectivity index (χ0v) is 21.4. The smallest absolute Gasteiger partial charge is 0.199 e. The van der Waals surface area contributed by atoms with Crippen molar-refractivity contribution in [1.82, 2.24) is 0 Å². The lowest BCUT2D eigenvalue weighted by Crippen LogP contribution is -2.18. The molecule has 2 aliphatic rings. The van der Waals surface area contributed by atoms with E-state index in [1.54, 1.807) is 0 Å². The fourth-order valence-electron chi connectivity index (χ4n) is 3.47. The topological polar surface area (TPSA) is 32.5 Å². The average Bonchev–Trinajstić information content (AvgIpc) is 2.84. The second kappa shape index (κ2) is 10.9. The summed E-state index contributed by atoms with van der Waals surface area (Å²) in [5, 5.41) is 9.13. The molecule has 0 spiro atoms. The molecule has 2 aromatic carbocycles. The molecule has 1 aliphatic carbocycles. The Morgan fingerprint density at radius 2 is 1.42 bits per heavy atom. The Hall–Kier alpha value is -2.73. The molecular weight excluding hydrogens is 542 g/mol. The lowest BCUT2D eigenvalue weighted by atomic mass is 10.0. The number of nitrogens with zero attached hydrogens (tertiary/aromatic N) is 1. The summed E-state index contributed by atoms with van der Waals surface area (Å²) >= 11 is 7.02. The van der Waals surface area contributed by atoms with Crippen LogP contribution in [-0.2, 0) is 4.74 Å². The lowest BCUT2D eigenvalue weighted by molar-refractivity contribution is -0.498. The van der Waals surface area contributed by atoms with E-state index in [9.17, 15) is 0 Å². The van der Waals surface area contributed by atoms with Crippen molar-refractivity contribution in [3.05, 3.63) is 129 Å². The highest BCUT2D eigenvalue weighted by Crippen LogP contribution is 2.32. The van der Waals surface area contributed by atoms with Gasteiger partial charge in [0, 0.05) is 26.7 Å². The first-order valence-electron chi connectivity index (χ1n) is 10.6. The molecule has 2 aromatic rings. The van der Waals surface area contributed by atoms with E-state index in [0.29, 0.717) is 6.54 Å². The van der Waals surface area contributed by atoms with Crippen LogP contribution in [0.1, 0.15) is 11.1 Å². The van der Waals surface area contributed by atoms with E-state index in [1.165, 1.54) is 0 Å². The second-order valence-corrected chi connectivity index (χ2v) is 9.53. The van der Waals surface area contributed by atoms with E-state index in [-0.39, 0.29) is 6.61 Å². The van der Waals surface area contributed by atoms with Gasteiger partial charge in [-0.25, -0.2) is 4.58 Å². The molecule has 0 fully saturated rings. The highest BCUT2D eigenvalue weighted by molar-refractivity contribution is 9.10. The van der Waals surface area contributed by atoms with Gasteiger partial charge in [-0.2, -0.15) is 0 Å².